The number of H-pyrrole nitrogens is 1. The van der Waals surface area contributed by atoms with E-state index < -0.39 is 0 Å². The average molecular weight is 327 g/mol. The summed E-state index contributed by atoms with van der Waals surface area (Å²) in [4.78, 5) is 19.3. The first-order chi connectivity index (χ1) is 11.2. The summed E-state index contributed by atoms with van der Waals surface area (Å²) in [6, 6.07) is 6.23. The number of rotatable bonds is 6. The summed E-state index contributed by atoms with van der Waals surface area (Å²) >= 11 is 1.26. The number of benzene rings is 1. The summed E-state index contributed by atoms with van der Waals surface area (Å²) in [7, 11) is 0. The van der Waals surface area contributed by atoms with Gasteiger partial charge < -0.3 is 10.3 Å². The molecular weight excluding hydrogens is 310 g/mol. The summed E-state index contributed by atoms with van der Waals surface area (Å²) in [6.07, 6.45) is 2.61. The highest BCUT2D eigenvalue weighted by Gasteiger charge is 2.11. The van der Waals surface area contributed by atoms with Crippen LogP contribution in [0.3, 0.4) is 0 Å². The van der Waals surface area contributed by atoms with Gasteiger partial charge in [-0.15, -0.1) is 16.8 Å². The van der Waals surface area contributed by atoms with Crippen LogP contribution >= 0.6 is 11.8 Å². The van der Waals surface area contributed by atoms with Gasteiger partial charge in [-0.1, -0.05) is 30.8 Å². The molecule has 6 nitrogen and oxygen atoms in total. The second-order valence-electron chi connectivity index (χ2n) is 5.03. The number of aromatic amines is 1. The zero-order valence-corrected chi connectivity index (χ0v) is 13.6. The molecule has 2 aromatic heterocycles. The smallest absolute Gasteiger partial charge is 0.230 e. The minimum absolute atomic E-state index is 0.0807. The van der Waals surface area contributed by atoms with Gasteiger partial charge >= 0.3 is 0 Å². The number of carbonyl (C=O) groups excluding carboxylic acids is 1. The average Bonchev–Trinajstić information content (AvgIpc) is 2.94. The van der Waals surface area contributed by atoms with Gasteiger partial charge in [0.15, 0.2) is 5.65 Å². The van der Waals surface area contributed by atoms with E-state index in [0.717, 1.165) is 22.8 Å². The number of aryl methyl sites for hydroxylation is 1. The fourth-order valence-corrected chi connectivity index (χ4v) is 2.87. The zero-order valence-electron chi connectivity index (χ0n) is 12.8. The number of thioether (sulfide) groups is 1. The first-order valence-corrected chi connectivity index (χ1v) is 8.35. The number of fused-ring (bicyclic) bond motifs is 3. The molecule has 0 aliphatic carbocycles. The molecule has 0 saturated carbocycles. The van der Waals surface area contributed by atoms with E-state index >= 15 is 0 Å². The minimum atomic E-state index is -0.0807. The van der Waals surface area contributed by atoms with Crippen molar-refractivity contribution in [1.29, 1.82) is 0 Å². The summed E-state index contributed by atoms with van der Waals surface area (Å²) < 4.78 is 0. The maximum Gasteiger partial charge on any atom is 0.230 e. The lowest BCUT2D eigenvalue weighted by molar-refractivity contribution is -0.118. The van der Waals surface area contributed by atoms with Crippen molar-refractivity contribution in [2.45, 2.75) is 18.5 Å². The van der Waals surface area contributed by atoms with Crippen LogP contribution in [0.1, 0.15) is 12.5 Å². The molecule has 7 heteroatoms. The van der Waals surface area contributed by atoms with E-state index in [1.807, 2.05) is 6.07 Å². The van der Waals surface area contributed by atoms with Crippen LogP contribution in [0.5, 0.6) is 0 Å². The van der Waals surface area contributed by atoms with Crippen molar-refractivity contribution in [2.24, 2.45) is 0 Å². The molecule has 0 radical (unpaired) electrons. The van der Waals surface area contributed by atoms with Gasteiger partial charge in [-0.3, -0.25) is 4.79 Å². The number of hydrogen-bond donors (Lipinski definition) is 2. The number of aromatic nitrogens is 4. The Labute approximate surface area is 137 Å². The third-order valence-corrected chi connectivity index (χ3v) is 4.28. The number of nitrogens with zero attached hydrogens (tertiary/aromatic N) is 3. The summed E-state index contributed by atoms with van der Waals surface area (Å²) in [5, 5.41) is 12.6. The summed E-state index contributed by atoms with van der Waals surface area (Å²) in [6.45, 7) is 6.13. The van der Waals surface area contributed by atoms with Crippen LogP contribution in [-0.2, 0) is 11.2 Å². The SMILES string of the molecule is C=CCNC(=O)CSc1nnc2c(n1)[nH]c1ccc(CC)cc12. The fourth-order valence-electron chi connectivity index (χ4n) is 2.25. The number of nitrogens with one attached hydrogen (secondary N) is 2. The third kappa shape index (κ3) is 3.34. The number of hydrogen-bond acceptors (Lipinski definition) is 5. The molecular formula is C16H17N5OS. The van der Waals surface area contributed by atoms with Crippen LogP contribution in [0, 0.1) is 0 Å². The zero-order chi connectivity index (χ0) is 16.2. The third-order valence-electron chi connectivity index (χ3n) is 3.44. The van der Waals surface area contributed by atoms with Crippen molar-refractivity contribution in [3.05, 3.63) is 36.4 Å². The maximum absolute atomic E-state index is 11.6. The van der Waals surface area contributed by atoms with Crippen LogP contribution in [0.25, 0.3) is 22.1 Å². The molecule has 2 N–H and O–H groups in total. The van der Waals surface area contributed by atoms with Crippen LogP contribution in [0.4, 0.5) is 0 Å². The Morgan fingerprint density at radius 2 is 2.30 bits per heavy atom. The van der Waals surface area contributed by atoms with Gasteiger partial charge in [0.25, 0.3) is 0 Å². The van der Waals surface area contributed by atoms with Gasteiger partial charge in [-0.25, -0.2) is 4.98 Å². The van der Waals surface area contributed by atoms with Gasteiger partial charge in [0, 0.05) is 17.4 Å². The molecule has 0 atom stereocenters. The molecule has 0 fully saturated rings. The molecule has 0 spiro atoms. The van der Waals surface area contributed by atoms with E-state index in [1.165, 1.54) is 17.3 Å². The van der Waals surface area contributed by atoms with Crippen LogP contribution < -0.4 is 5.32 Å². The lowest BCUT2D eigenvalue weighted by Gasteiger charge is -2.00. The Balaban J connectivity index is 1.83. The molecule has 0 aliphatic heterocycles. The Kier molecular flexibility index (Phi) is 4.57. The van der Waals surface area contributed by atoms with Crippen molar-refractivity contribution in [3.8, 4) is 0 Å². The van der Waals surface area contributed by atoms with Crippen molar-refractivity contribution in [2.75, 3.05) is 12.3 Å². The largest absolute Gasteiger partial charge is 0.352 e. The second kappa shape index (κ2) is 6.78. The summed E-state index contributed by atoms with van der Waals surface area (Å²) in [5.41, 5.74) is 3.69. The molecule has 0 unspecified atom stereocenters. The first kappa shape index (κ1) is 15.5. The van der Waals surface area contributed by atoms with Gasteiger partial charge in [0.1, 0.15) is 5.52 Å². The van der Waals surface area contributed by atoms with E-state index in [1.54, 1.807) is 6.08 Å². The van der Waals surface area contributed by atoms with Gasteiger partial charge in [-0.05, 0) is 24.1 Å². The number of carbonyl (C=O) groups is 1. The Hall–Kier alpha value is -2.41. The van der Waals surface area contributed by atoms with E-state index in [4.69, 9.17) is 0 Å². The van der Waals surface area contributed by atoms with Crippen molar-refractivity contribution >= 4 is 39.7 Å². The molecule has 0 saturated heterocycles. The highest BCUT2D eigenvalue weighted by atomic mass is 32.2. The molecule has 23 heavy (non-hydrogen) atoms. The molecule has 118 valence electrons. The fraction of sp³-hybridized carbons (Fsp3) is 0.250. The van der Waals surface area contributed by atoms with Crippen LogP contribution in [-0.4, -0.2) is 38.4 Å². The maximum atomic E-state index is 11.6. The van der Waals surface area contributed by atoms with Gasteiger partial charge in [0.05, 0.1) is 5.75 Å². The monoisotopic (exact) mass is 327 g/mol. The normalized spacial score (nSPS) is 11.0. The van der Waals surface area contributed by atoms with E-state index in [-0.39, 0.29) is 11.7 Å². The predicted octanol–water partition coefficient (Wildman–Crippen LogP) is 2.46. The Morgan fingerprint density at radius 3 is 3.09 bits per heavy atom. The standard InChI is InChI=1S/C16H17N5OS/c1-3-7-17-13(22)9-23-16-19-15-14(20-21-16)11-8-10(4-2)5-6-12(11)18-15/h3,5-6,8H,1,4,7,9H2,2H3,(H,17,22)(H,18,19,21). The van der Waals surface area contributed by atoms with Gasteiger partial charge in [0.2, 0.25) is 11.1 Å². The number of amides is 1. The molecule has 1 amide bonds. The van der Waals surface area contributed by atoms with Crippen molar-refractivity contribution in [3.63, 3.8) is 0 Å². The lowest BCUT2D eigenvalue weighted by atomic mass is 10.1. The van der Waals surface area contributed by atoms with Crippen molar-refractivity contribution < 1.29 is 4.79 Å². The quantitative estimate of drug-likeness (QED) is 0.537. The molecule has 3 rings (SSSR count). The van der Waals surface area contributed by atoms with Crippen molar-refractivity contribution in [1.82, 2.24) is 25.5 Å². The van der Waals surface area contributed by atoms with E-state index in [9.17, 15) is 4.79 Å². The van der Waals surface area contributed by atoms with Crippen LogP contribution in [0.15, 0.2) is 36.0 Å². The second-order valence-corrected chi connectivity index (χ2v) is 5.97. The molecule has 3 aromatic rings. The van der Waals surface area contributed by atoms with Gasteiger partial charge in [-0.2, -0.15) is 0 Å². The molecule has 1 aromatic carbocycles. The molecule has 2 heterocycles. The molecule has 0 aliphatic rings. The molecule has 0 bridgehead atoms. The summed E-state index contributed by atoms with van der Waals surface area (Å²) in [5.74, 6) is 0.171. The highest BCUT2D eigenvalue weighted by Crippen LogP contribution is 2.24. The topological polar surface area (TPSA) is 83.6 Å². The van der Waals surface area contributed by atoms with E-state index in [0.29, 0.717) is 17.3 Å². The Bertz CT molecular complexity index is 873. The first-order valence-electron chi connectivity index (χ1n) is 7.36. The Morgan fingerprint density at radius 1 is 1.43 bits per heavy atom. The predicted molar refractivity (Wildman–Crippen MR) is 92.5 cm³/mol. The van der Waals surface area contributed by atoms with Crippen LogP contribution in [0.2, 0.25) is 0 Å². The minimum Gasteiger partial charge on any atom is -0.352 e. The highest BCUT2D eigenvalue weighted by molar-refractivity contribution is 7.99. The van der Waals surface area contributed by atoms with E-state index in [2.05, 4.69) is 51.1 Å². The lowest BCUT2D eigenvalue weighted by Crippen LogP contribution is -2.25.